The van der Waals surface area contributed by atoms with Gasteiger partial charge in [-0.1, -0.05) is 32.0 Å². The Balaban J connectivity index is 1.71. The third-order valence-electron chi connectivity index (χ3n) is 6.58. The number of aromatic nitrogens is 1. The number of nitrogens with one attached hydrogen (secondary N) is 1. The van der Waals surface area contributed by atoms with Crippen molar-refractivity contribution in [2.45, 2.75) is 38.1 Å². The van der Waals surface area contributed by atoms with E-state index >= 15 is 0 Å². The van der Waals surface area contributed by atoms with E-state index in [0.29, 0.717) is 30.5 Å². The highest BCUT2D eigenvalue weighted by Crippen LogP contribution is 2.27. The molecule has 1 aliphatic rings. The predicted octanol–water partition coefficient (Wildman–Crippen LogP) is 3.43. The lowest BCUT2D eigenvalue weighted by atomic mass is 10.1. The van der Waals surface area contributed by atoms with Gasteiger partial charge in [-0.15, -0.1) is 0 Å². The fourth-order valence-corrected chi connectivity index (χ4v) is 6.21. The molecule has 35 heavy (non-hydrogen) atoms. The summed E-state index contributed by atoms with van der Waals surface area (Å²) in [4.78, 5) is 32.6. The minimum Gasteiger partial charge on any atom is -0.371 e. The predicted molar refractivity (Wildman–Crippen MR) is 138 cm³/mol. The number of hydrogen-bond acceptors (Lipinski definition) is 5. The number of anilines is 1. The summed E-state index contributed by atoms with van der Waals surface area (Å²) in [7, 11) is -2.02. The van der Waals surface area contributed by atoms with Crippen molar-refractivity contribution < 1.29 is 13.2 Å². The monoisotopic (exact) mass is 496 g/mol. The molecule has 1 fully saturated rings. The van der Waals surface area contributed by atoms with E-state index in [-0.39, 0.29) is 16.4 Å². The summed E-state index contributed by atoms with van der Waals surface area (Å²) < 4.78 is 27.5. The summed E-state index contributed by atoms with van der Waals surface area (Å²) in [6.07, 6.45) is 2.31. The van der Waals surface area contributed by atoms with Crippen molar-refractivity contribution >= 4 is 32.5 Å². The van der Waals surface area contributed by atoms with Gasteiger partial charge in [0.1, 0.15) is 0 Å². The number of pyridine rings is 1. The van der Waals surface area contributed by atoms with E-state index in [1.54, 1.807) is 31.9 Å². The number of rotatable bonds is 8. The summed E-state index contributed by atoms with van der Waals surface area (Å²) in [6, 6.07) is 13.8. The molecular weight excluding hydrogens is 464 g/mol. The molecule has 0 spiro atoms. The van der Waals surface area contributed by atoms with E-state index in [1.807, 2.05) is 18.2 Å². The second-order valence-corrected chi connectivity index (χ2v) is 10.8. The molecule has 0 unspecified atom stereocenters. The van der Waals surface area contributed by atoms with Gasteiger partial charge in [0.2, 0.25) is 15.6 Å². The number of para-hydroxylation sites is 1. The number of sulfonamides is 1. The van der Waals surface area contributed by atoms with Crippen molar-refractivity contribution in [2.24, 2.45) is 0 Å². The summed E-state index contributed by atoms with van der Waals surface area (Å²) >= 11 is 0. The fourth-order valence-electron chi connectivity index (χ4n) is 4.73. The molecular formula is C26H32N4O4S. The van der Waals surface area contributed by atoms with Gasteiger partial charge in [-0.25, -0.2) is 8.42 Å². The molecule has 4 rings (SSSR count). The summed E-state index contributed by atoms with van der Waals surface area (Å²) in [5, 5.41) is 0.405. The fraction of sp³-hybridized carbons (Fsp3) is 0.385. The van der Waals surface area contributed by atoms with Crippen LogP contribution in [0.15, 0.2) is 58.2 Å². The molecule has 0 aliphatic carbocycles. The van der Waals surface area contributed by atoms with Gasteiger partial charge >= 0.3 is 0 Å². The van der Waals surface area contributed by atoms with Crippen LogP contribution < -0.4 is 10.5 Å². The number of amides is 1. The summed E-state index contributed by atoms with van der Waals surface area (Å²) in [5.74, 6) is -0.338. The normalized spacial score (nSPS) is 14.1. The number of carbonyl (C=O) groups excluding carboxylic acids is 1. The van der Waals surface area contributed by atoms with Crippen LogP contribution in [-0.2, 0) is 16.6 Å². The highest BCUT2D eigenvalue weighted by Gasteiger charge is 2.24. The van der Waals surface area contributed by atoms with Crippen LogP contribution in [0.4, 0.5) is 5.69 Å². The van der Waals surface area contributed by atoms with Crippen LogP contribution in [0.2, 0.25) is 0 Å². The van der Waals surface area contributed by atoms with Gasteiger partial charge in [-0.2, -0.15) is 4.31 Å². The zero-order valence-electron chi connectivity index (χ0n) is 20.5. The van der Waals surface area contributed by atoms with E-state index < -0.39 is 15.6 Å². The second kappa shape index (κ2) is 10.2. The molecule has 3 aromatic rings. The number of hydrogen-bond donors (Lipinski definition) is 1. The van der Waals surface area contributed by atoms with E-state index in [2.05, 4.69) is 16.0 Å². The molecule has 2 heterocycles. The first-order chi connectivity index (χ1) is 16.8. The first-order valence-electron chi connectivity index (χ1n) is 12.0. The maximum atomic E-state index is 13.6. The Labute approximate surface area is 206 Å². The molecule has 0 atom stereocenters. The molecule has 1 amide bonds. The van der Waals surface area contributed by atoms with Crippen LogP contribution in [-0.4, -0.2) is 61.7 Å². The second-order valence-electron chi connectivity index (χ2n) is 8.83. The van der Waals surface area contributed by atoms with Gasteiger partial charge in [0.25, 0.3) is 5.91 Å². The standard InChI is InChI=1S/C26H32N4O4S/c1-4-30(5-2)35(33,34)20-12-13-23-21(16-20)22(17-25(31)27-23)26(32)28(3)18-19-10-6-7-11-24(19)29-14-8-9-15-29/h6-7,10-13,16-17H,4-5,8-9,14-15,18H2,1-3H3,(H,27,31). The Morgan fingerprint density at radius 1 is 1.03 bits per heavy atom. The lowest BCUT2D eigenvalue weighted by Gasteiger charge is -2.25. The van der Waals surface area contributed by atoms with E-state index in [4.69, 9.17) is 0 Å². The van der Waals surface area contributed by atoms with Crippen molar-refractivity contribution in [3.05, 3.63) is 70.0 Å². The SMILES string of the molecule is CCN(CC)S(=O)(=O)c1ccc2[nH]c(=O)cc(C(=O)N(C)Cc3ccccc3N3CCCC3)c2c1. The number of nitrogens with zero attached hydrogens (tertiary/aromatic N) is 3. The van der Waals surface area contributed by atoms with Crippen LogP contribution in [0.5, 0.6) is 0 Å². The maximum absolute atomic E-state index is 13.6. The lowest BCUT2D eigenvalue weighted by molar-refractivity contribution is 0.0787. The maximum Gasteiger partial charge on any atom is 0.254 e. The zero-order chi connectivity index (χ0) is 25.2. The molecule has 8 nitrogen and oxygen atoms in total. The highest BCUT2D eigenvalue weighted by molar-refractivity contribution is 7.89. The molecule has 1 N–H and O–H groups in total. The molecule has 1 saturated heterocycles. The Hall–Kier alpha value is -3.17. The van der Waals surface area contributed by atoms with Crippen molar-refractivity contribution in [3.8, 4) is 0 Å². The molecule has 0 radical (unpaired) electrons. The van der Waals surface area contributed by atoms with Crippen molar-refractivity contribution in [3.63, 3.8) is 0 Å². The average molecular weight is 497 g/mol. The molecule has 1 aromatic heterocycles. The Morgan fingerprint density at radius 2 is 1.71 bits per heavy atom. The Morgan fingerprint density at radius 3 is 2.40 bits per heavy atom. The van der Waals surface area contributed by atoms with Crippen LogP contribution in [0.1, 0.15) is 42.6 Å². The first kappa shape index (κ1) is 24.9. The van der Waals surface area contributed by atoms with Crippen LogP contribution in [0.25, 0.3) is 10.9 Å². The molecule has 0 bridgehead atoms. The summed E-state index contributed by atoms with van der Waals surface area (Å²) in [6.45, 7) is 6.61. The number of aromatic amines is 1. The molecule has 186 valence electrons. The van der Waals surface area contributed by atoms with Crippen molar-refractivity contribution in [1.82, 2.24) is 14.2 Å². The van der Waals surface area contributed by atoms with E-state index in [9.17, 15) is 18.0 Å². The van der Waals surface area contributed by atoms with Crippen LogP contribution >= 0.6 is 0 Å². The number of benzene rings is 2. The summed E-state index contributed by atoms with van der Waals surface area (Å²) in [5.41, 5.74) is 2.34. The minimum atomic E-state index is -3.72. The molecule has 9 heteroatoms. The highest BCUT2D eigenvalue weighted by atomic mass is 32.2. The minimum absolute atomic E-state index is 0.0943. The van der Waals surface area contributed by atoms with Gasteiger partial charge in [-0.05, 0) is 42.7 Å². The van der Waals surface area contributed by atoms with Gasteiger partial charge in [0.15, 0.2) is 0 Å². The van der Waals surface area contributed by atoms with E-state index in [0.717, 1.165) is 37.2 Å². The molecule has 2 aromatic carbocycles. The number of carbonyl (C=O) groups is 1. The number of H-pyrrole nitrogens is 1. The quantitative estimate of drug-likeness (QED) is 0.516. The van der Waals surface area contributed by atoms with Gasteiger partial charge in [-0.3, -0.25) is 9.59 Å². The third-order valence-corrected chi connectivity index (χ3v) is 8.63. The van der Waals surface area contributed by atoms with Crippen LogP contribution in [0.3, 0.4) is 0 Å². The third kappa shape index (κ3) is 4.97. The smallest absolute Gasteiger partial charge is 0.254 e. The topological polar surface area (TPSA) is 93.8 Å². The van der Waals surface area contributed by atoms with Gasteiger partial charge in [0, 0.05) is 62.4 Å². The first-order valence-corrected chi connectivity index (χ1v) is 13.5. The molecule has 1 aliphatic heterocycles. The lowest BCUT2D eigenvalue weighted by Crippen LogP contribution is -2.31. The van der Waals surface area contributed by atoms with E-state index in [1.165, 1.54) is 22.5 Å². The number of fused-ring (bicyclic) bond motifs is 1. The average Bonchev–Trinajstić information content (AvgIpc) is 3.38. The largest absolute Gasteiger partial charge is 0.371 e. The van der Waals surface area contributed by atoms with Gasteiger partial charge in [0.05, 0.1) is 10.5 Å². The Kier molecular flexibility index (Phi) is 7.28. The molecule has 0 saturated carbocycles. The Bertz CT molecular complexity index is 1390. The van der Waals surface area contributed by atoms with Crippen molar-refractivity contribution in [1.29, 1.82) is 0 Å². The van der Waals surface area contributed by atoms with Crippen LogP contribution in [0, 0.1) is 0 Å². The zero-order valence-corrected chi connectivity index (χ0v) is 21.3. The van der Waals surface area contributed by atoms with Crippen molar-refractivity contribution in [2.75, 3.05) is 38.1 Å². The van der Waals surface area contributed by atoms with Gasteiger partial charge < -0.3 is 14.8 Å².